The lowest BCUT2D eigenvalue weighted by Crippen LogP contribution is -2.34. The van der Waals surface area contributed by atoms with Crippen molar-refractivity contribution in [1.29, 1.82) is 0 Å². The first kappa shape index (κ1) is 17.5. The first-order valence-electron chi connectivity index (χ1n) is 6.86. The van der Waals surface area contributed by atoms with Crippen LogP contribution in [-0.2, 0) is 4.79 Å². The lowest BCUT2D eigenvalue weighted by molar-refractivity contribution is -0.138. The van der Waals surface area contributed by atoms with Crippen molar-refractivity contribution in [1.82, 2.24) is 5.32 Å². The molecule has 3 N–H and O–H groups in total. The number of carboxylic acid groups (broad SMARTS) is 1. The molecule has 0 heterocycles. The van der Waals surface area contributed by atoms with Gasteiger partial charge in [-0.15, -0.1) is 0 Å². The maximum Gasteiger partial charge on any atom is 0.319 e. The van der Waals surface area contributed by atoms with Gasteiger partial charge in [-0.3, -0.25) is 4.79 Å². The van der Waals surface area contributed by atoms with E-state index in [1.54, 1.807) is 0 Å². The molecule has 0 bridgehead atoms. The van der Waals surface area contributed by atoms with Crippen LogP contribution >= 0.6 is 15.9 Å². The van der Waals surface area contributed by atoms with E-state index in [1.807, 2.05) is 32.9 Å². The molecule has 0 aliphatic rings. The molecule has 0 radical (unpaired) electrons. The Labute approximate surface area is 133 Å². The summed E-state index contributed by atoms with van der Waals surface area (Å²) in [4.78, 5) is 22.6. The van der Waals surface area contributed by atoms with Gasteiger partial charge in [0.15, 0.2) is 0 Å². The van der Waals surface area contributed by atoms with E-state index in [0.717, 1.165) is 21.3 Å². The Bertz CT molecular complexity index is 509. The second kappa shape index (κ2) is 8.02. The van der Waals surface area contributed by atoms with Crippen LogP contribution in [0, 0.1) is 19.8 Å². The smallest absolute Gasteiger partial charge is 0.319 e. The third-order valence-electron chi connectivity index (χ3n) is 3.26. The number of halogens is 1. The molecule has 0 fully saturated rings. The average Bonchev–Trinajstić information content (AvgIpc) is 2.38. The Balaban J connectivity index is 2.60. The van der Waals surface area contributed by atoms with Crippen molar-refractivity contribution in [2.45, 2.75) is 33.6 Å². The number of urea groups is 1. The predicted molar refractivity (Wildman–Crippen MR) is 86.7 cm³/mol. The molecule has 5 nitrogen and oxygen atoms in total. The van der Waals surface area contributed by atoms with Crippen LogP contribution in [0.1, 0.15) is 30.9 Å². The molecule has 6 heteroatoms. The molecule has 0 spiro atoms. The van der Waals surface area contributed by atoms with Crippen molar-refractivity contribution in [3.8, 4) is 0 Å². The van der Waals surface area contributed by atoms with Gasteiger partial charge in [0.2, 0.25) is 0 Å². The van der Waals surface area contributed by atoms with E-state index >= 15 is 0 Å². The molecule has 1 rings (SSSR count). The molecule has 0 saturated heterocycles. The molecule has 116 valence electrons. The fourth-order valence-electron chi connectivity index (χ4n) is 2.08. The van der Waals surface area contributed by atoms with Gasteiger partial charge in [-0.2, -0.15) is 0 Å². The van der Waals surface area contributed by atoms with Gasteiger partial charge in [-0.25, -0.2) is 4.79 Å². The Morgan fingerprint density at radius 3 is 2.52 bits per heavy atom. The van der Waals surface area contributed by atoms with Gasteiger partial charge >= 0.3 is 12.0 Å². The standard InChI is InChI=1S/C15H21BrN2O3/c1-4-11(7-13(19)20)8-17-15(21)18-14-10(3)5-9(2)6-12(14)16/h5-6,11H,4,7-8H2,1-3H3,(H,19,20)(H2,17,18,21). The van der Waals surface area contributed by atoms with Gasteiger partial charge in [0.05, 0.1) is 5.69 Å². The zero-order valence-electron chi connectivity index (χ0n) is 12.5. The van der Waals surface area contributed by atoms with Crippen molar-refractivity contribution >= 4 is 33.6 Å². The number of hydrogen-bond donors (Lipinski definition) is 3. The molecule has 1 aromatic rings. The average molecular weight is 357 g/mol. The normalized spacial score (nSPS) is 11.8. The molecule has 1 aromatic carbocycles. The summed E-state index contributed by atoms with van der Waals surface area (Å²) in [7, 11) is 0. The number of carboxylic acids is 1. The van der Waals surface area contributed by atoms with Gasteiger partial charge in [-0.05, 0) is 52.9 Å². The molecule has 0 aliphatic carbocycles. The molecular formula is C15H21BrN2O3. The summed E-state index contributed by atoms with van der Waals surface area (Å²) in [5.41, 5.74) is 2.80. The summed E-state index contributed by atoms with van der Waals surface area (Å²) in [5.74, 6) is -0.906. The first-order valence-corrected chi connectivity index (χ1v) is 7.66. The summed E-state index contributed by atoms with van der Waals surface area (Å²) in [5, 5.41) is 14.3. The molecular weight excluding hydrogens is 336 g/mol. The topological polar surface area (TPSA) is 78.4 Å². The van der Waals surface area contributed by atoms with Gasteiger partial charge in [0, 0.05) is 17.4 Å². The molecule has 0 aliphatic heterocycles. The summed E-state index contributed by atoms with van der Waals surface area (Å²) < 4.78 is 0.827. The minimum absolute atomic E-state index is 0.0594. The number of aryl methyl sites for hydroxylation is 2. The number of benzene rings is 1. The van der Waals surface area contributed by atoms with Gasteiger partial charge in [0.1, 0.15) is 0 Å². The molecule has 0 saturated carbocycles. The Morgan fingerprint density at radius 2 is 2.00 bits per heavy atom. The molecule has 0 aromatic heterocycles. The van der Waals surface area contributed by atoms with E-state index in [2.05, 4.69) is 26.6 Å². The number of carbonyl (C=O) groups excluding carboxylic acids is 1. The quantitative estimate of drug-likeness (QED) is 0.727. The van der Waals surface area contributed by atoms with Crippen LogP contribution in [0.4, 0.5) is 10.5 Å². The highest BCUT2D eigenvalue weighted by atomic mass is 79.9. The lowest BCUT2D eigenvalue weighted by atomic mass is 10.0. The van der Waals surface area contributed by atoms with E-state index in [0.29, 0.717) is 13.0 Å². The largest absolute Gasteiger partial charge is 0.481 e. The second-order valence-electron chi connectivity index (χ2n) is 5.15. The third-order valence-corrected chi connectivity index (χ3v) is 3.89. The van der Waals surface area contributed by atoms with Gasteiger partial charge in [-0.1, -0.05) is 19.4 Å². The highest BCUT2D eigenvalue weighted by molar-refractivity contribution is 9.10. The van der Waals surface area contributed by atoms with Crippen LogP contribution in [-0.4, -0.2) is 23.7 Å². The summed E-state index contributed by atoms with van der Waals surface area (Å²) >= 11 is 3.43. The van der Waals surface area contributed by atoms with Crippen LogP contribution in [0.5, 0.6) is 0 Å². The van der Waals surface area contributed by atoms with Crippen LogP contribution in [0.25, 0.3) is 0 Å². The van der Waals surface area contributed by atoms with Crippen molar-refractivity contribution < 1.29 is 14.7 Å². The highest BCUT2D eigenvalue weighted by Crippen LogP contribution is 2.27. The number of rotatable bonds is 6. The molecule has 1 unspecified atom stereocenters. The van der Waals surface area contributed by atoms with Crippen molar-refractivity contribution in [2.75, 3.05) is 11.9 Å². The van der Waals surface area contributed by atoms with E-state index < -0.39 is 5.97 Å². The second-order valence-corrected chi connectivity index (χ2v) is 6.00. The lowest BCUT2D eigenvalue weighted by Gasteiger charge is -2.16. The number of nitrogens with one attached hydrogen (secondary N) is 2. The van der Waals surface area contributed by atoms with Gasteiger partial charge < -0.3 is 15.7 Å². The van der Waals surface area contributed by atoms with Crippen molar-refractivity contribution in [3.05, 3.63) is 27.7 Å². The zero-order chi connectivity index (χ0) is 16.0. The fraction of sp³-hybridized carbons (Fsp3) is 0.467. The SMILES string of the molecule is CCC(CNC(=O)Nc1c(C)cc(C)cc1Br)CC(=O)O. The maximum atomic E-state index is 11.9. The van der Waals surface area contributed by atoms with E-state index in [9.17, 15) is 9.59 Å². The number of aliphatic carboxylic acids is 1. The number of hydrogen-bond acceptors (Lipinski definition) is 2. The molecule has 21 heavy (non-hydrogen) atoms. The number of carbonyl (C=O) groups is 2. The fourth-order valence-corrected chi connectivity index (χ4v) is 2.85. The van der Waals surface area contributed by atoms with E-state index in [-0.39, 0.29) is 18.4 Å². The Morgan fingerprint density at radius 1 is 1.33 bits per heavy atom. The summed E-state index contributed by atoms with van der Waals surface area (Å²) in [6, 6.07) is 3.59. The first-order chi connectivity index (χ1) is 9.83. The minimum Gasteiger partial charge on any atom is -0.481 e. The predicted octanol–water partition coefficient (Wildman–Crippen LogP) is 3.69. The van der Waals surface area contributed by atoms with Gasteiger partial charge in [0.25, 0.3) is 0 Å². The van der Waals surface area contributed by atoms with Crippen LogP contribution < -0.4 is 10.6 Å². The van der Waals surface area contributed by atoms with E-state index in [4.69, 9.17) is 5.11 Å². The minimum atomic E-state index is -0.846. The number of anilines is 1. The maximum absolute atomic E-state index is 11.9. The highest BCUT2D eigenvalue weighted by Gasteiger charge is 2.14. The summed E-state index contributed by atoms with van der Waals surface area (Å²) in [6.07, 6.45) is 0.768. The zero-order valence-corrected chi connectivity index (χ0v) is 14.1. The van der Waals surface area contributed by atoms with Crippen LogP contribution in [0.3, 0.4) is 0 Å². The number of amides is 2. The van der Waals surface area contributed by atoms with Crippen LogP contribution in [0.2, 0.25) is 0 Å². The monoisotopic (exact) mass is 356 g/mol. The van der Waals surface area contributed by atoms with Crippen molar-refractivity contribution in [3.63, 3.8) is 0 Å². The van der Waals surface area contributed by atoms with Crippen molar-refractivity contribution in [2.24, 2.45) is 5.92 Å². The third kappa shape index (κ3) is 5.75. The summed E-state index contributed by atoms with van der Waals surface area (Å²) in [6.45, 7) is 6.16. The Kier molecular flexibility index (Phi) is 6.68. The van der Waals surface area contributed by atoms with E-state index in [1.165, 1.54) is 0 Å². The van der Waals surface area contributed by atoms with Crippen LogP contribution in [0.15, 0.2) is 16.6 Å². The molecule has 1 atom stereocenters. The Hall–Kier alpha value is -1.56. The molecule has 2 amide bonds.